The van der Waals surface area contributed by atoms with Crippen molar-refractivity contribution in [2.24, 2.45) is 0 Å². The Balaban J connectivity index is 1.17. The number of aromatic nitrogens is 2. The molecule has 0 fully saturated rings. The molecule has 0 amide bonds. The van der Waals surface area contributed by atoms with Gasteiger partial charge < -0.3 is 9.13 Å². The first kappa shape index (κ1) is 31.4. The van der Waals surface area contributed by atoms with Crippen LogP contribution in [0.2, 0.25) is 0 Å². The lowest BCUT2D eigenvalue weighted by molar-refractivity contribution is 1.18. The van der Waals surface area contributed by atoms with Crippen LogP contribution in [0, 0.1) is 29.6 Å². The van der Waals surface area contributed by atoms with Crippen LogP contribution in [-0.4, -0.2) is 15.8 Å². The van der Waals surface area contributed by atoms with Gasteiger partial charge in [0, 0.05) is 32.9 Å². The summed E-state index contributed by atoms with van der Waals surface area (Å²) in [5, 5.41) is 29.4. The number of para-hydroxylation sites is 2. The first-order valence-corrected chi connectivity index (χ1v) is 19.7. The zero-order valence-electron chi connectivity index (χ0n) is 31.4. The third-order valence-electron chi connectivity index (χ3n) is 13.0. The summed E-state index contributed by atoms with van der Waals surface area (Å²) in [6, 6.07) is 61.6. The highest BCUT2D eigenvalue weighted by molar-refractivity contribution is 7.01. The first-order valence-electron chi connectivity index (χ1n) is 19.7. The number of fused-ring (bicyclic) bond motifs is 12. The van der Waals surface area contributed by atoms with Crippen LogP contribution in [0.5, 0.6) is 0 Å². The minimum atomic E-state index is 0.0617. The third kappa shape index (κ3) is 3.88. The lowest BCUT2D eigenvalue weighted by Gasteiger charge is -2.34. The molecule has 13 rings (SSSR count). The molecular formula is C53H29BN4. The SMILES string of the molecule is Cc1cc2c3c(c1)-c1cc4c(c5cccc(c15)B3c1cccc3c1c-2cc1c3c2ccccc2n1-c1ccc(C#N)cc1)c1ccccc1n4-c1ccc(C#N)cc1. The van der Waals surface area contributed by atoms with Crippen molar-refractivity contribution < 1.29 is 0 Å². The van der Waals surface area contributed by atoms with Crippen LogP contribution in [0.4, 0.5) is 0 Å². The molecule has 4 nitrogen and oxygen atoms in total. The fourth-order valence-electron chi connectivity index (χ4n) is 10.8. The maximum absolute atomic E-state index is 9.62. The van der Waals surface area contributed by atoms with Crippen molar-refractivity contribution in [1.82, 2.24) is 9.13 Å². The number of hydrogen-bond donors (Lipinski definition) is 0. The summed E-state index contributed by atoms with van der Waals surface area (Å²) in [4.78, 5) is 0. The molecule has 2 aliphatic rings. The van der Waals surface area contributed by atoms with Crippen LogP contribution in [0.15, 0.2) is 158 Å². The first-order chi connectivity index (χ1) is 28.6. The second-order valence-corrected chi connectivity index (χ2v) is 15.9. The normalized spacial score (nSPS) is 12.5. The monoisotopic (exact) mass is 732 g/mol. The van der Waals surface area contributed by atoms with Crippen LogP contribution in [0.3, 0.4) is 0 Å². The summed E-state index contributed by atoms with van der Waals surface area (Å²) in [7, 11) is 0. The van der Waals surface area contributed by atoms with Crippen molar-refractivity contribution in [2.45, 2.75) is 6.92 Å². The molecule has 0 bridgehead atoms. The van der Waals surface area contributed by atoms with Gasteiger partial charge in [-0.1, -0.05) is 101 Å². The topological polar surface area (TPSA) is 57.4 Å². The van der Waals surface area contributed by atoms with E-state index in [2.05, 4.69) is 162 Å². The van der Waals surface area contributed by atoms with E-state index in [0.29, 0.717) is 11.1 Å². The molecule has 0 unspecified atom stereocenters. The van der Waals surface area contributed by atoms with Crippen LogP contribution in [0.25, 0.3) is 98.8 Å². The molecule has 9 aromatic carbocycles. The molecule has 2 aromatic heterocycles. The standard InChI is InChI=1S/C53H29BN4/c1-30-24-41-39-26-47-51(35-8-2-4-14-45(35)57(47)33-20-16-31(28-55)17-21-33)37-10-6-12-43(49(37)39)54-44-13-7-11-38-50(44)40(42(25-30)53(41)54)27-48-52(38)36-9-3-5-15-46(36)58(48)34-22-18-32(29-56)19-23-34/h2-27H,1H3. The van der Waals surface area contributed by atoms with Crippen LogP contribution >= 0.6 is 0 Å². The number of benzene rings is 9. The van der Waals surface area contributed by atoms with E-state index in [1.165, 1.54) is 87.3 Å². The van der Waals surface area contributed by atoms with E-state index in [9.17, 15) is 10.5 Å². The molecule has 0 N–H and O–H groups in total. The minimum absolute atomic E-state index is 0.0617. The van der Waals surface area contributed by atoms with Gasteiger partial charge in [0.05, 0.1) is 45.3 Å². The summed E-state index contributed by atoms with van der Waals surface area (Å²) in [5.74, 6) is 0. The molecule has 0 saturated heterocycles. The van der Waals surface area contributed by atoms with Crippen LogP contribution in [0.1, 0.15) is 16.7 Å². The zero-order valence-corrected chi connectivity index (χ0v) is 31.4. The van der Waals surface area contributed by atoms with Crippen LogP contribution < -0.4 is 16.4 Å². The third-order valence-corrected chi connectivity index (χ3v) is 13.0. The second-order valence-electron chi connectivity index (χ2n) is 15.9. The van der Waals surface area contributed by atoms with Crippen molar-refractivity contribution in [3.63, 3.8) is 0 Å². The number of hydrogen-bond acceptors (Lipinski definition) is 2. The smallest absolute Gasteiger partial charge is 0.244 e. The quantitative estimate of drug-likeness (QED) is 0.166. The van der Waals surface area contributed by atoms with Crippen molar-refractivity contribution in [1.29, 1.82) is 10.5 Å². The molecule has 2 aliphatic heterocycles. The average molecular weight is 733 g/mol. The highest BCUT2D eigenvalue weighted by atomic mass is 15.0. The van der Waals surface area contributed by atoms with E-state index in [0.717, 1.165) is 33.4 Å². The van der Waals surface area contributed by atoms with Gasteiger partial charge in [0.25, 0.3) is 0 Å². The summed E-state index contributed by atoms with van der Waals surface area (Å²) >= 11 is 0. The molecule has 0 saturated carbocycles. The van der Waals surface area contributed by atoms with E-state index in [1.807, 2.05) is 24.3 Å². The van der Waals surface area contributed by atoms with E-state index in [1.54, 1.807) is 0 Å². The number of aryl methyl sites for hydroxylation is 1. The molecular weight excluding hydrogens is 703 g/mol. The van der Waals surface area contributed by atoms with E-state index in [-0.39, 0.29) is 6.71 Å². The van der Waals surface area contributed by atoms with Gasteiger partial charge in [-0.25, -0.2) is 0 Å². The number of nitriles is 2. The fraction of sp³-hybridized carbons (Fsp3) is 0.0189. The van der Waals surface area contributed by atoms with Crippen molar-refractivity contribution >= 4 is 88.3 Å². The van der Waals surface area contributed by atoms with Crippen molar-refractivity contribution in [3.05, 3.63) is 174 Å². The molecule has 0 aliphatic carbocycles. The Labute approximate surface area is 333 Å². The van der Waals surface area contributed by atoms with Gasteiger partial charge in [-0.2, -0.15) is 10.5 Å². The van der Waals surface area contributed by atoms with Crippen molar-refractivity contribution in [3.8, 4) is 45.8 Å². The van der Waals surface area contributed by atoms with Gasteiger partial charge in [-0.05, 0) is 129 Å². The average Bonchev–Trinajstić information content (AvgIpc) is 3.79. The van der Waals surface area contributed by atoms with Crippen molar-refractivity contribution in [2.75, 3.05) is 0 Å². The minimum Gasteiger partial charge on any atom is -0.309 e. The maximum Gasteiger partial charge on any atom is 0.244 e. The number of rotatable bonds is 2. The lowest BCUT2D eigenvalue weighted by Crippen LogP contribution is -2.57. The Bertz CT molecular complexity index is 3510. The highest BCUT2D eigenvalue weighted by Gasteiger charge is 2.40. The Morgan fingerprint density at radius 1 is 0.414 bits per heavy atom. The Morgan fingerprint density at radius 2 is 0.845 bits per heavy atom. The molecule has 0 radical (unpaired) electrons. The molecule has 0 spiro atoms. The summed E-state index contributed by atoms with van der Waals surface area (Å²) < 4.78 is 4.75. The largest absolute Gasteiger partial charge is 0.309 e. The maximum atomic E-state index is 9.62. The van der Waals surface area contributed by atoms with Gasteiger partial charge in [0.2, 0.25) is 6.71 Å². The van der Waals surface area contributed by atoms with E-state index >= 15 is 0 Å². The van der Waals surface area contributed by atoms with Gasteiger partial charge in [0.15, 0.2) is 0 Å². The molecule has 0 atom stereocenters. The predicted molar refractivity (Wildman–Crippen MR) is 240 cm³/mol. The summed E-state index contributed by atoms with van der Waals surface area (Å²) in [6.45, 7) is 2.30. The number of nitrogens with zero attached hydrogens (tertiary/aromatic N) is 4. The van der Waals surface area contributed by atoms with Gasteiger partial charge >= 0.3 is 0 Å². The molecule has 5 heteroatoms. The molecule has 11 aromatic rings. The van der Waals surface area contributed by atoms with E-state index in [4.69, 9.17) is 0 Å². The summed E-state index contributed by atoms with van der Waals surface area (Å²) in [5.41, 5.74) is 18.4. The van der Waals surface area contributed by atoms with E-state index < -0.39 is 0 Å². The molecule has 264 valence electrons. The lowest BCUT2D eigenvalue weighted by atomic mass is 9.31. The Kier molecular flexibility index (Phi) is 6.02. The Morgan fingerprint density at radius 3 is 1.29 bits per heavy atom. The van der Waals surface area contributed by atoms with Gasteiger partial charge in [0.1, 0.15) is 0 Å². The second kappa shape index (κ2) is 11.1. The predicted octanol–water partition coefficient (Wildman–Crippen LogP) is 10.7. The summed E-state index contributed by atoms with van der Waals surface area (Å²) in [6.07, 6.45) is 0. The zero-order chi connectivity index (χ0) is 38.4. The molecule has 58 heavy (non-hydrogen) atoms. The van der Waals surface area contributed by atoms with Gasteiger partial charge in [-0.15, -0.1) is 0 Å². The Hall–Kier alpha value is -7.86. The van der Waals surface area contributed by atoms with Crippen LogP contribution in [-0.2, 0) is 0 Å². The fourth-order valence-corrected chi connectivity index (χ4v) is 10.8. The highest BCUT2D eigenvalue weighted by Crippen LogP contribution is 2.47. The van der Waals surface area contributed by atoms with Gasteiger partial charge in [-0.3, -0.25) is 0 Å². The molecule has 4 heterocycles.